The molecule has 0 aliphatic carbocycles. The zero-order valence-electron chi connectivity index (χ0n) is 15.6. The minimum Gasteiger partial charge on any atom is -0.338 e. The molecule has 3 aliphatic rings. The number of amides is 1. The van der Waals surface area contributed by atoms with Gasteiger partial charge in [0.15, 0.2) is 5.78 Å². The summed E-state index contributed by atoms with van der Waals surface area (Å²) < 4.78 is 0. The number of carbonyl (C=O) groups excluding carboxylic acids is 2. The van der Waals surface area contributed by atoms with Crippen LogP contribution in [0.2, 0.25) is 0 Å². The van der Waals surface area contributed by atoms with E-state index >= 15 is 0 Å². The molecule has 3 fully saturated rings. The Kier molecular flexibility index (Phi) is 5.36. The van der Waals surface area contributed by atoms with Crippen molar-refractivity contribution in [3.8, 4) is 0 Å². The molecular formula is C21H25N3O2S. The van der Waals surface area contributed by atoms with Crippen LogP contribution in [0.3, 0.4) is 0 Å². The normalized spacial score (nSPS) is 22.6. The number of piperidine rings is 1. The lowest BCUT2D eigenvalue weighted by Gasteiger charge is -2.36. The van der Waals surface area contributed by atoms with E-state index in [1.54, 1.807) is 13.1 Å². The van der Waals surface area contributed by atoms with Crippen LogP contribution in [-0.4, -0.2) is 52.2 Å². The summed E-state index contributed by atoms with van der Waals surface area (Å²) in [7, 11) is 0. The second kappa shape index (κ2) is 7.90. The summed E-state index contributed by atoms with van der Waals surface area (Å²) in [6.07, 6.45) is 6.42. The summed E-state index contributed by atoms with van der Waals surface area (Å²) in [5.41, 5.74) is 2.19. The van der Waals surface area contributed by atoms with Gasteiger partial charge in [0.2, 0.25) is 5.91 Å². The highest BCUT2D eigenvalue weighted by Crippen LogP contribution is 2.29. The zero-order valence-corrected chi connectivity index (χ0v) is 16.5. The third-order valence-corrected chi connectivity index (χ3v) is 6.67. The van der Waals surface area contributed by atoms with Crippen molar-refractivity contribution in [2.24, 2.45) is 5.92 Å². The van der Waals surface area contributed by atoms with Gasteiger partial charge in [0.25, 0.3) is 0 Å². The molecule has 2 atom stereocenters. The van der Waals surface area contributed by atoms with Crippen LogP contribution < -0.4 is 0 Å². The molecule has 2 aromatic heterocycles. The van der Waals surface area contributed by atoms with E-state index in [2.05, 4.69) is 20.9 Å². The molecule has 0 radical (unpaired) electrons. The first-order valence-corrected chi connectivity index (χ1v) is 10.5. The predicted molar refractivity (Wildman–Crippen MR) is 106 cm³/mol. The van der Waals surface area contributed by atoms with E-state index in [-0.39, 0.29) is 11.7 Å². The van der Waals surface area contributed by atoms with E-state index in [9.17, 15) is 9.59 Å². The van der Waals surface area contributed by atoms with E-state index in [1.807, 2.05) is 23.7 Å². The number of aromatic nitrogens is 1. The highest BCUT2D eigenvalue weighted by molar-refractivity contribution is 7.12. The van der Waals surface area contributed by atoms with Crippen molar-refractivity contribution in [1.82, 2.24) is 14.8 Å². The van der Waals surface area contributed by atoms with Crippen molar-refractivity contribution >= 4 is 23.0 Å². The van der Waals surface area contributed by atoms with Crippen LogP contribution in [0.4, 0.5) is 0 Å². The highest BCUT2D eigenvalue weighted by Gasteiger charge is 2.37. The van der Waals surface area contributed by atoms with Crippen LogP contribution in [0.1, 0.15) is 40.6 Å². The quantitative estimate of drug-likeness (QED) is 0.745. The Hall–Kier alpha value is -2.05. The fourth-order valence-electron chi connectivity index (χ4n) is 4.29. The van der Waals surface area contributed by atoms with Gasteiger partial charge in [-0.1, -0.05) is 6.07 Å². The largest absolute Gasteiger partial charge is 0.338 e. The summed E-state index contributed by atoms with van der Waals surface area (Å²) >= 11 is 1.43. The molecule has 1 amide bonds. The molecule has 3 saturated heterocycles. The van der Waals surface area contributed by atoms with Crippen molar-refractivity contribution in [2.45, 2.75) is 38.8 Å². The molecule has 0 saturated carbocycles. The average molecular weight is 384 g/mol. The average Bonchev–Trinajstić information content (AvgIpc) is 2.95. The van der Waals surface area contributed by atoms with Crippen LogP contribution in [0.25, 0.3) is 0 Å². The number of thiophene rings is 1. The number of nitrogens with zero attached hydrogens (tertiary/aromatic N) is 3. The van der Waals surface area contributed by atoms with E-state index in [4.69, 9.17) is 0 Å². The number of carbonyl (C=O) groups is 2. The van der Waals surface area contributed by atoms with E-state index < -0.39 is 0 Å². The Morgan fingerprint density at radius 3 is 2.85 bits per heavy atom. The minimum atomic E-state index is 0.0681. The third kappa shape index (κ3) is 4.28. The first-order valence-electron chi connectivity index (χ1n) is 9.57. The molecule has 5 rings (SSSR count). The van der Waals surface area contributed by atoms with Crippen molar-refractivity contribution in [2.75, 3.05) is 19.6 Å². The van der Waals surface area contributed by atoms with Gasteiger partial charge in [-0.2, -0.15) is 0 Å². The number of hydrogen-bond donors (Lipinski definition) is 0. The summed E-state index contributed by atoms with van der Waals surface area (Å²) in [6, 6.07) is 6.26. The van der Waals surface area contributed by atoms with E-state index in [1.165, 1.54) is 23.3 Å². The lowest BCUT2D eigenvalue weighted by Crippen LogP contribution is -2.47. The maximum absolute atomic E-state index is 13.0. The smallest absolute Gasteiger partial charge is 0.227 e. The van der Waals surface area contributed by atoms with Gasteiger partial charge < -0.3 is 4.90 Å². The van der Waals surface area contributed by atoms with Gasteiger partial charge >= 0.3 is 0 Å². The molecule has 27 heavy (non-hydrogen) atoms. The van der Waals surface area contributed by atoms with Gasteiger partial charge in [0.1, 0.15) is 0 Å². The van der Waals surface area contributed by atoms with E-state index in [0.29, 0.717) is 18.4 Å². The number of ketones is 1. The summed E-state index contributed by atoms with van der Waals surface area (Å²) in [4.78, 5) is 34.0. The molecule has 3 aliphatic heterocycles. The van der Waals surface area contributed by atoms with Crippen LogP contribution in [0, 0.1) is 5.92 Å². The number of Topliss-reactive ketones (excluding diaryl/α,β-unsaturated/α-hetero) is 1. The second-order valence-corrected chi connectivity index (χ2v) is 8.66. The number of hydrogen-bond acceptors (Lipinski definition) is 5. The molecule has 0 N–H and O–H groups in total. The van der Waals surface area contributed by atoms with Crippen LogP contribution in [0.15, 0.2) is 36.0 Å². The van der Waals surface area contributed by atoms with Crippen molar-refractivity contribution in [3.05, 3.63) is 52.0 Å². The Balaban J connectivity index is 1.42. The first kappa shape index (κ1) is 18.3. The van der Waals surface area contributed by atoms with Gasteiger partial charge in [-0.15, -0.1) is 11.3 Å². The summed E-state index contributed by atoms with van der Waals surface area (Å²) in [5, 5.41) is 1.94. The molecule has 5 nitrogen and oxygen atoms in total. The van der Waals surface area contributed by atoms with Gasteiger partial charge in [-0.25, -0.2) is 0 Å². The third-order valence-electron chi connectivity index (χ3n) is 5.59. The number of fused-ring (bicyclic) bond motifs is 4. The van der Waals surface area contributed by atoms with Gasteiger partial charge in [-0.05, 0) is 54.3 Å². The Bertz CT molecular complexity index is 820. The standard InChI is InChI=1S/C21H25N3O2S/c1-15(25)20-7-18(14-27-20)8-21(26)24-12-17-4-5-19(24)13-23(11-17)10-16-3-2-6-22-9-16/h2-3,6-7,9,14,17,19H,4-5,8,10-13H2,1H3. The van der Waals surface area contributed by atoms with Crippen molar-refractivity contribution in [3.63, 3.8) is 0 Å². The second-order valence-electron chi connectivity index (χ2n) is 7.75. The number of pyridine rings is 1. The topological polar surface area (TPSA) is 53.5 Å². The predicted octanol–water partition coefficient (Wildman–Crippen LogP) is 3.01. The fourth-order valence-corrected chi connectivity index (χ4v) is 5.11. The maximum Gasteiger partial charge on any atom is 0.227 e. The monoisotopic (exact) mass is 383 g/mol. The molecule has 2 aromatic rings. The van der Waals surface area contributed by atoms with Crippen LogP contribution in [-0.2, 0) is 17.8 Å². The highest BCUT2D eigenvalue weighted by atomic mass is 32.1. The summed E-state index contributed by atoms with van der Waals surface area (Å²) in [6.45, 7) is 5.30. The Morgan fingerprint density at radius 2 is 2.11 bits per heavy atom. The fraction of sp³-hybridized carbons (Fsp3) is 0.476. The molecule has 2 bridgehead atoms. The minimum absolute atomic E-state index is 0.0681. The lowest BCUT2D eigenvalue weighted by atomic mass is 9.94. The molecule has 0 spiro atoms. The first-order chi connectivity index (χ1) is 13.1. The molecule has 5 heterocycles. The molecule has 2 unspecified atom stereocenters. The Labute approximate surface area is 164 Å². The molecule has 0 aromatic carbocycles. The lowest BCUT2D eigenvalue weighted by molar-refractivity contribution is -0.134. The van der Waals surface area contributed by atoms with Gasteiger partial charge in [-0.3, -0.25) is 19.5 Å². The molecular weight excluding hydrogens is 358 g/mol. The molecule has 6 heteroatoms. The zero-order chi connectivity index (χ0) is 18.8. The van der Waals surface area contributed by atoms with Crippen LogP contribution in [0.5, 0.6) is 0 Å². The van der Waals surface area contributed by atoms with Crippen molar-refractivity contribution in [1.29, 1.82) is 0 Å². The van der Waals surface area contributed by atoms with Gasteiger partial charge in [0, 0.05) is 44.6 Å². The van der Waals surface area contributed by atoms with Gasteiger partial charge in [0.05, 0.1) is 11.3 Å². The Morgan fingerprint density at radius 1 is 1.22 bits per heavy atom. The SMILES string of the molecule is CC(=O)c1cc(CC(=O)N2CC3CCC2CN(Cc2cccnc2)C3)cs1. The molecule has 142 valence electrons. The van der Waals surface area contributed by atoms with E-state index in [0.717, 1.165) is 43.0 Å². The van der Waals surface area contributed by atoms with Crippen LogP contribution >= 0.6 is 11.3 Å². The number of rotatable bonds is 5. The summed E-state index contributed by atoms with van der Waals surface area (Å²) in [5.74, 6) is 0.805. The van der Waals surface area contributed by atoms with Crippen molar-refractivity contribution < 1.29 is 9.59 Å². The maximum atomic E-state index is 13.0.